The Morgan fingerprint density at radius 3 is 1.79 bits per heavy atom. The maximum atomic E-state index is 10.5. The van der Waals surface area contributed by atoms with Gasteiger partial charge < -0.3 is 14.2 Å². The van der Waals surface area contributed by atoms with E-state index in [2.05, 4.69) is 0 Å². The fourth-order valence-electron chi connectivity index (χ4n) is 1.48. The van der Waals surface area contributed by atoms with E-state index >= 15 is 0 Å². The minimum Gasteiger partial charge on any atom is -0.497 e. The second kappa shape index (κ2) is 6.44. The first kappa shape index (κ1) is 13.0. The predicted molar refractivity (Wildman–Crippen MR) is 70.9 cm³/mol. The highest BCUT2D eigenvalue weighted by molar-refractivity contribution is 5.74. The molecule has 98 valence electrons. The number of hydrogen-bond donors (Lipinski definition) is 0. The van der Waals surface area contributed by atoms with Crippen molar-refractivity contribution >= 4 is 6.29 Å². The highest BCUT2D eigenvalue weighted by Gasteiger charge is 1.97. The summed E-state index contributed by atoms with van der Waals surface area (Å²) in [5.74, 6) is 2.13. The van der Waals surface area contributed by atoms with Crippen LogP contribution in [0.15, 0.2) is 48.5 Å². The summed E-state index contributed by atoms with van der Waals surface area (Å²) in [5, 5.41) is 0. The van der Waals surface area contributed by atoms with Gasteiger partial charge in [-0.1, -0.05) is 0 Å². The first-order valence-corrected chi connectivity index (χ1v) is 5.77. The van der Waals surface area contributed by atoms with Crippen LogP contribution in [0.25, 0.3) is 0 Å². The van der Waals surface area contributed by atoms with Crippen molar-refractivity contribution in [1.82, 2.24) is 0 Å². The summed E-state index contributed by atoms with van der Waals surface area (Å²) in [6.07, 6.45) is 0.789. The van der Waals surface area contributed by atoms with Crippen molar-refractivity contribution in [2.24, 2.45) is 0 Å². The van der Waals surface area contributed by atoms with E-state index in [0.29, 0.717) is 17.1 Å². The molecule has 0 atom stereocenters. The molecule has 0 saturated heterocycles. The zero-order chi connectivity index (χ0) is 13.5. The van der Waals surface area contributed by atoms with Crippen LogP contribution in [0.4, 0.5) is 0 Å². The summed E-state index contributed by atoms with van der Waals surface area (Å²) in [4.78, 5) is 10.5. The molecule has 0 spiro atoms. The monoisotopic (exact) mass is 258 g/mol. The van der Waals surface area contributed by atoms with E-state index in [4.69, 9.17) is 14.2 Å². The summed E-state index contributed by atoms with van der Waals surface area (Å²) in [6, 6.07) is 14.1. The van der Waals surface area contributed by atoms with Gasteiger partial charge in [-0.3, -0.25) is 4.79 Å². The summed E-state index contributed by atoms with van der Waals surface area (Å²) >= 11 is 0. The number of ether oxygens (including phenoxy) is 3. The Kier molecular flexibility index (Phi) is 4.39. The topological polar surface area (TPSA) is 44.8 Å². The zero-order valence-corrected chi connectivity index (χ0v) is 10.5. The van der Waals surface area contributed by atoms with Crippen LogP contribution < -0.4 is 14.2 Å². The van der Waals surface area contributed by atoms with Crippen molar-refractivity contribution in [3.05, 3.63) is 54.1 Å². The average molecular weight is 258 g/mol. The third kappa shape index (κ3) is 3.74. The smallest absolute Gasteiger partial charge is 0.230 e. The molecule has 0 saturated carbocycles. The number of carbonyl (C=O) groups is 1. The fourth-order valence-corrected chi connectivity index (χ4v) is 1.48. The van der Waals surface area contributed by atoms with Gasteiger partial charge in [-0.15, -0.1) is 0 Å². The molecule has 2 aromatic rings. The molecule has 0 bridgehead atoms. The molecule has 4 nitrogen and oxygen atoms in total. The molecule has 2 rings (SSSR count). The molecule has 0 aliphatic rings. The normalized spacial score (nSPS) is 9.74. The molecule has 0 N–H and O–H groups in total. The van der Waals surface area contributed by atoms with Crippen molar-refractivity contribution in [3.63, 3.8) is 0 Å². The van der Waals surface area contributed by atoms with E-state index in [1.807, 2.05) is 12.1 Å². The SMILES string of the molecule is COc1ccc(OCOc2ccc(C=O)cc2)cc1. The van der Waals surface area contributed by atoms with Gasteiger partial charge in [-0.05, 0) is 48.5 Å². The zero-order valence-electron chi connectivity index (χ0n) is 10.5. The van der Waals surface area contributed by atoms with Gasteiger partial charge in [0, 0.05) is 5.56 Å². The molecule has 0 unspecified atom stereocenters. The van der Waals surface area contributed by atoms with Gasteiger partial charge in [-0.2, -0.15) is 0 Å². The van der Waals surface area contributed by atoms with Gasteiger partial charge in [0.15, 0.2) is 0 Å². The highest BCUT2D eigenvalue weighted by Crippen LogP contribution is 2.17. The number of methoxy groups -OCH3 is 1. The predicted octanol–water partition coefficient (Wildman–Crippen LogP) is 2.92. The Bertz CT molecular complexity index is 517. The standard InChI is InChI=1S/C15H14O4/c1-17-13-6-8-15(9-7-13)19-11-18-14-4-2-12(10-16)3-5-14/h2-10H,11H2,1H3. The maximum Gasteiger partial charge on any atom is 0.230 e. The molecule has 0 aromatic heterocycles. The maximum absolute atomic E-state index is 10.5. The van der Waals surface area contributed by atoms with Gasteiger partial charge in [-0.25, -0.2) is 0 Å². The first-order valence-electron chi connectivity index (χ1n) is 5.77. The van der Waals surface area contributed by atoms with E-state index in [1.165, 1.54) is 0 Å². The minimum absolute atomic E-state index is 0.104. The van der Waals surface area contributed by atoms with Crippen LogP contribution in [0.5, 0.6) is 17.2 Å². The van der Waals surface area contributed by atoms with Crippen LogP contribution in [-0.2, 0) is 0 Å². The summed E-state index contributed by atoms with van der Waals surface area (Å²) < 4.78 is 15.9. The van der Waals surface area contributed by atoms with E-state index in [0.717, 1.165) is 12.0 Å². The van der Waals surface area contributed by atoms with E-state index in [-0.39, 0.29) is 6.79 Å². The molecule has 2 aromatic carbocycles. The van der Waals surface area contributed by atoms with Crippen molar-refractivity contribution in [1.29, 1.82) is 0 Å². The van der Waals surface area contributed by atoms with Gasteiger partial charge in [0.25, 0.3) is 0 Å². The van der Waals surface area contributed by atoms with Crippen LogP contribution in [0.1, 0.15) is 10.4 Å². The van der Waals surface area contributed by atoms with Crippen molar-refractivity contribution in [2.75, 3.05) is 13.9 Å². The van der Waals surface area contributed by atoms with Gasteiger partial charge in [0.05, 0.1) is 7.11 Å². The van der Waals surface area contributed by atoms with E-state index in [9.17, 15) is 4.79 Å². The third-order valence-corrected chi connectivity index (χ3v) is 2.53. The Morgan fingerprint density at radius 1 is 0.842 bits per heavy atom. The quantitative estimate of drug-likeness (QED) is 0.590. The molecule has 0 heterocycles. The summed E-state index contributed by atoms with van der Waals surface area (Å²) in [7, 11) is 1.61. The van der Waals surface area contributed by atoms with Gasteiger partial charge >= 0.3 is 0 Å². The molecular weight excluding hydrogens is 244 g/mol. The summed E-state index contributed by atoms with van der Waals surface area (Å²) in [5.41, 5.74) is 0.614. The molecule has 0 radical (unpaired) electrons. The average Bonchev–Trinajstić information content (AvgIpc) is 2.49. The molecule has 19 heavy (non-hydrogen) atoms. The number of aldehydes is 1. The molecule has 0 amide bonds. The molecule has 4 heteroatoms. The van der Waals surface area contributed by atoms with Crippen LogP contribution >= 0.6 is 0 Å². The minimum atomic E-state index is 0.104. The van der Waals surface area contributed by atoms with Crippen LogP contribution in [0, 0.1) is 0 Å². The fraction of sp³-hybridized carbons (Fsp3) is 0.133. The Balaban J connectivity index is 1.83. The Labute approximate surface area is 111 Å². The number of hydrogen-bond acceptors (Lipinski definition) is 4. The molecule has 0 fully saturated rings. The Morgan fingerprint density at radius 2 is 1.32 bits per heavy atom. The van der Waals surface area contributed by atoms with Crippen LogP contribution in [0.3, 0.4) is 0 Å². The lowest BCUT2D eigenvalue weighted by molar-refractivity contribution is 0.112. The van der Waals surface area contributed by atoms with Gasteiger partial charge in [0.1, 0.15) is 23.5 Å². The molecule has 0 aliphatic carbocycles. The second-order valence-electron chi connectivity index (χ2n) is 3.77. The number of carbonyl (C=O) groups excluding carboxylic acids is 1. The lowest BCUT2D eigenvalue weighted by Gasteiger charge is -2.09. The first-order chi connectivity index (χ1) is 9.31. The van der Waals surface area contributed by atoms with Crippen LogP contribution in [0.2, 0.25) is 0 Å². The molecule has 0 aliphatic heterocycles. The Hall–Kier alpha value is -2.49. The van der Waals surface area contributed by atoms with E-state index < -0.39 is 0 Å². The van der Waals surface area contributed by atoms with Crippen LogP contribution in [-0.4, -0.2) is 20.2 Å². The largest absolute Gasteiger partial charge is 0.497 e. The van der Waals surface area contributed by atoms with Crippen molar-refractivity contribution < 1.29 is 19.0 Å². The van der Waals surface area contributed by atoms with E-state index in [1.54, 1.807) is 43.5 Å². The molecular formula is C15H14O4. The summed E-state index contributed by atoms with van der Waals surface area (Å²) in [6.45, 7) is 0.104. The second-order valence-corrected chi connectivity index (χ2v) is 3.77. The lowest BCUT2D eigenvalue weighted by Crippen LogP contribution is -2.05. The third-order valence-electron chi connectivity index (χ3n) is 2.53. The van der Waals surface area contributed by atoms with Gasteiger partial charge in [0.2, 0.25) is 6.79 Å². The number of benzene rings is 2. The lowest BCUT2D eigenvalue weighted by atomic mass is 10.2. The van der Waals surface area contributed by atoms with Crippen molar-refractivity contribution in [3.8, 4) is 17.2 Å². The van der Waals surface area contributed by atoms with Crippen molar-refractivity contribution in [2.45, 2.75) is 0 Å². The number of rotatable bonds is 6. The highest BCUT2D eigenvalue weighted by atomic mass is 16.7.